The standard InChI is InChI=1S/C23H25NO4/c25-23(24-14-13-19-11-12-21-22(16-19)28-18-27-21)10-6-1-2-7-15-26-17-20-8-4-3-5-9-20/h3-5,8-9,11-12,16H,6-7,10,13-15,17-18H2,(H,24,25). The smallest absolute Gasteiger partial charge is 0.231 e. The average Bonchev–Trinajstić information content (AvgIpc) is 3.19. The first kappa shape index (κ1) is 19.8. The van der Waals surface area contributed by atoms with Crippen molar-refractivity contribution in [3.8, 4) is 23.3 Å². The van der Waals surface area contributed by atoms with Gasteiger partial charge in [0.2, 0.25) is 12.7 Å². The van der Waals surface area contributed by atoms with E-state index in [1.54, 1.807) is 0 Å². The van der Waals surface area contributed by atoms with Crippen molar-refractivity contribution in [2.75, 3.05) is 19.9 Å². The maximum absolute atomic E-state index is 11.9. The highest BCUT2D eigenvalue weighted by atomic mass is 16.7. The van der Waals surface area contributed by atoms with Crippen LogP contribution >= 0.6 is 0 Å². The fraction of sp³-hybridized carbons (Fsp3) is 0.348. The molecule has 1 amide bonds. The lowest BCUT2D eigenvalue weighted by Crippen LogP contribution is -2.25. The van der Waals surface area contributed by atoms with Crippen LogP contribution in [-0.2, 0) is 22.6 Å². The molecule has 28 heavy (non-hydrogen) atoms. The molecule has 0 spiro atoms. The predicted molar refractivity (Wildman–Crippen MR) is 107 cm³/mol. The summed E-state index contributed by atoms with van der Waals surface area (Å²) < 4.78 is 16.2. The van der Waals surface area contributed by atoms with Crippen molar-refractivity contribution in [1.82, 2.24) is 5.32 Å². The molecule has 0 aromatic heterocycles. The Labute approximate surface area is 166 Å². The zero-order valence-corrected chi connectivity index (χ0v) is 15.9. The van der Waals surface area contributed by atoms with Gasteiger partial charge in [0.15, 0.2) is 11.5 Å². The van der Waals surface area contributed by atoms with E-state index < -0.39 is 0 Å². The van der Waals surface area contributed by atoms with Gasteiger partial charge < -0.3 is 19.5 Å². The Morgan fingerprint density at radius 3 is 2.71 bits per heavy atom. The molecule has 0 aliphatic carbocycles. The normalized spacial score (nSPS) is 11.6. The van der Waals surface area contributed by atoms with Gasteiger partial charge in [0, 0.05) is 25.8 Å². The summed E-state index contributed by atoms with van der Waals surface area (Å²) in [7, 11) is 0. The van der Waals surface area contributed by atoms with Crippen LogP contribution in [0.1, 0.15) is 30.4 Å². The molecule has 2 aromatic rings. The van der Waals surface area contributed by atoms with Crippen molar-refractivity contribution in [2.24, 2.45) is 0 Å². The lowest BCUT2D eigenvalue weighted by atomic mass is 10.1. The monoisotopic (exact) mass is 379 g/mol. The van der Waals surface area contributed by atoms with Crippen molar-refractivity contribution >= 4 is 5.91 Å². The average molecular weight is 379 g/mol. The van der Waals surface area contributed by atoms with Crippen LogP contribution in [-0.4, -0.2) is 25.9 Å². The van der Waals surface area contributed by atoms with Gasteiger partial charge in [0.25, 0.3) is 0 Å². The van der Waals surface area contributed by atoms with Crippen molar-refractivity contribution < 1.29 is 19.0 Å². The van der Waals surface area contributed by atoms with Crippen LogP contribution in [0.25, 0.3) is 0 Å². The molecule has 0 radical (unpaired) electrons. The summed E-state index contributed by atoms with van der Waals surface area (Å²) in [5.74, 6) is 7.65. The lowest BCUT2D eigenvalue weighted by Gasteiger charge is -2.05. The van der Waals surface area contributed by atoms with E-state index in [1.807, 2.05) is 48.5 Å². The number of ether oxygens (including phenoxy) is 3. The maximum Gasteiger partial charge on any atom is 0.231 e. The zero-order chi connectivity index (χ0) is 19.4. The van der Waals surface area contributed by atoms with E-state index in [4.69, 9.17) is 14.2 Å². The van der Waals surface area contributed by atoms with Gasteiger partial charge in [-0.1, -0.05) is 36.4 Å². The minimum absolute atomic E-state index is 0.0235. The molecule has 1 aliphatic rings. The molecule has 5 nitrogen and oxygen atoms in total. The van der Waals surface area contributed by atoms with Crippen molar-refractivity contribution in [3.63, 3.8) is 0 Å². The molecule has 0 fully saturated rings. The van der Waals surface area contributed by atoms with Gasteiger partial charge in [0.05, 0.1) is 13.2 Å². The number of fused-ring (bicyclic) bond motifs is 1. The molecule has 0 saturated carbocycles. The molecule has 5 heteroatoms. The third kappa shape index (κ3) is 6.64. The van der Waals surface area contributed by atoms with Crippen molar-refractivity contribution in [3.05, 3.63) is 59.7 Å². The maximum atomic E-state index is 11.9. The second kappa shape index (κ2) is 11.0. The summed E-state index contributed by atoms with van der Waals surface area (Å²) >= 11 is 0. The van der Waals surface area contributed by atoms with E-state index in [2.05, 4.69) is 17.2 Å². The molecule has 0 atom stereocenters. The number of carbonyl (C=O) groups is 1. The van der Waals surface area contributed by atoms with E-state index in [-0.39, 0.29) is 12.7 Å². The Morgan fingerprint density at radius 2 is 1.82 bits per heavy atom. The molecule has 146 valence electrons. The van der Waals surface area contributed by atoms with E-state index >= 15 is 0 Å². The van der Waals surface area contributed by atoms with Crippen LogP contribution in [0, 0.1) is 11.8 Å². The van der Waals surface area contributed by atoms with E-state index in [0.29, 0.717) is 39.0 Å². The highest BCUT2D eigenvalue weighted by Crippen LogP contribution is 2.32. The summed E-state index contributed by atoms with van der Waals surface area (Å²) in [5.41, 5.74) is 2.27. The Hall–Kier alpha value is -2.97. The highest BCUT2D eigenvalue weighted by Gasteiger charge is 2.12. The molecule has 0 unspecified atom stereocenters. The van der Waals surface area contributed by atoms with E-state index in [1.165, 1.54) is 0 Å². The number of carbonyl (C=O) groups excluding carboxylic acids is 1. The first-order chi connectivity index (χ1) is 13.8. The van der Waals surface area contributed by atoms with Gasteiger partial charge in [-0.2, -0.15) is 0 Å². The van der Waals surface area contributed by atoms with E-state index in [0.717, 1.165) is 29.0 Å². The number of rotatable bonds is 9. The SMILES string of the molecule is O=C(CCC#CCCOCc1ccccc1)NCCc1ccc2c(c1)OCO2. The highest BCUT2D eigenvalue weighted by molar-refractivity contribution is 5.76. The van der Waals surface area contributed by atoms with Gasteiger partial charge in [-0.15, -0.1) is 11.8 Å². The number of benzene rings is 2. The van der Waals surface area contributed by atoms with Gasteiger partial charge in [-0.3, -0.25) is 4.79 Å². The van der Waals surface area contributed by atoms with Gasteiger partial charge >= 0.3 is 0 Å². The molecule has 0 saturated heterocycles. The van der Waals surface area contributed by atoms with Crippen molar-refractivity contribution in [2.45, 2.75) is 32.3 Å². The lowest BCUT2D eigenvalue weighted by molar-refractivity contribution is -0.120. The van der Waals surface area contributed by atoms with Crippen LogP contribution in [0.2, 0.25) is 0 Å². The molecule has 2 aromatic carbocycles. The number of nitrogens with one attached hydrogen (secondary N) is 1. The number of hydrogen-bond donors (Lipinski definition) is 1. The molecular formula is C23H25NO4. The van der Waals surface area contributed by atoms with Crippen LogP contribution in [0.15, 0.2) is 48.5 Å². The second-order valence-corrected chi connectivity index (χ2v) is 6.43. The topological polar surface area (TPSA) is 56.8 Å². The van der Waals surface area contributed by atoms with Crippen LogP contribution in [0.3, 0.4) is 0 Å². The molecule has 1 heterocycles. The third-order valence-corrected chi connectivity index (χ3v) is 4.26. The molecule has 1 N–H and O–H groups in total. The van der Waals surface area contributed by atoms with Gasteiger partial charge in [-0.05, 0) is 29.7 Å². The fourth-order valence-corrected chi connectivity index (χ4v) is 2.77. The second-order valence-electron chi connectivity index (χ2n) is 6.43. The quantitative estimate of drug-likeness (QED) is 0.535. The molecule has 0 bridgehead atoms. The number of amides is 1. The van der Waals surface area contributed by atoms with Crippen molar-refractivity contribution in [1.29, 1.82) is 0 Å². The Morgan fingerprint density at radius 1 is 1.00 bits per heavy atom. The summed E-state index contributed by atoms with van der Waals surface area (Å²) in [4.78, 5) is 11.9. The van der Waals surface area contributed by atoms with Crippen LogP contribution in [0.5, 0.6) is 11.5 Å². The third-order valence-electron chi connectivity index (χ3n) is 4.26. The predicted octanol–water partition coefficient (Wildman–Crippen LogP) is 3.46. The Bertz CT molecular complexity index is 823. The molecular weight excluding hydrogens is 354 g/mol. The van der Waals surface area contributed by atoms with E-state index in [9.17, 15) is 4.79 Å². The summed E-state index contributed by atoms with van der Waals surface area (Å²) in [6.07, 6.45) is 2.42. The minimum Gasteiger partial charge on any atom is -0.454 e. The summed E-state index contributed by atoms with van der Waals surface area (Å²) in [6.45, 7) is 2.08. The number of hydrogen-bond acceptors (Lipinski definition) is 4. The largest absolute Gasteiger partial charge is 0.454 e. The van der Waals surface area contributed by atoms with Gasteiger partial charge in [0.1, 0.15) is 0 Å². The molecule has 1 aliphatic heterocycles. The summed E-state index contributed by atoms with van der Waals surface area (Å²) in [5, 5.41) is 2.92. The van der Waals surface area contributed by atoms with Gasteiger partial charge in [-0.25, -0.2) is 0 Å². The Kier molecular flexibility index (Phi) is 7.78. The first-order valence-electron chi connectivity index (χ1n) is 9.54. The Balaban J connectivity index is 1.22. The minimum atomic E-state index is 0.0235. The molecule has 3 rings (SSSR count). The zero-order valence-electron chi connectivity index (χ0n) is 15.9. The fourth-order valence-electron chi connectivity index (χ4n) is 2.77. The first-order valence-corrected chi connectivity index (χ1v) is 9.54. The van der Waals surface area contributed by atoms with Crippen LogP contribution in [0.4, 0.5) is 0 Å². The summed E-state index contributed by atoms with van der Waals surface area (Å²) in [6, 6.07) is 15.9. The van der Waals surface area contributed by atoms with Crippen LogP contribution < -0.4 is 14.8 Å².